The van der Waals surface area contributed by atoms with E-state index in [0.29, 0.717) is 24.3 Å². The maximum atomic E-state index is 13.3. The van der Waals surface area contributed by atoms with Crippen LogP contribution in [0.15, 0.2) is 18.2 Å². The molecule has 22 heavy (non-hydrogen) atoms. The fourth-order valence-electron chi connectivity index (χ4n) is 3.14. The maximum absolute atomic E-state index is 13.3. The highest BCUT2D eigenvalue weighted by Gasteiger charge is 2.34. The molecule has 1 aromatic rings. The molecule has 0 radical (unpaired) electrons. The van der Waals surface area contributed by atoms with Gasteiger partial charge in [0.25, 0.3) is 0 Å². The summed E-state index contributed by atoms with van der Waals surface area (Å²) in [5, 5.41) is 2.65. The lowest BCUT2D eigenvalue weighted by Crippen LogP contribution is -2.40. The van der Waals surface area contributed by atoms with E-state index in [1.165, 1.54) is 12.1 Å². The molecule has 2 aliphatic heterocycles. The fourth-order valence-corrected chi connectivity index (χ4v) is 3.14. The number of halogens is 1. The van der Waals surface area contributed by atoms with Crippen molar-refractivity contribution in [2.24, 2.45) is 0 Å². The molecule has 1 N–H and O–H groups in total. The monoisotopic (exact) mass is 305 g/mol. The number of hydrogen-bond donors (Lipinski definition) is 1. The van der Waals surface area contributed by atoms with Gasteiger partial charge in [-0.2, -0.15) is 0 Å². The third kappa shape index (κ3) is 2.97. The molecule has 1 aromatic carbocycles. The molecule has 1 atom stereocenters. The molecule has 0 aliphatic carbocycles. The third-order valence-electron chi connectivity index (χ3n) is 4.38. The molecule has 5 nitrogen and oxygen atoms in total. The summed E-state index contributed by atoms with van der Waals surface area (Å²) < 4.78 is 13.3. The van der Waals surface area contributed by atoms with Crippen molar-refractivity contribution in [2.75, 3.05) is 38.5 Å². The maximum Gasteiger partial charge on any atom is 0.230 e. The molecule has 118 valence electrons. The molecule has 1 unspecified atom stereocenters. The molecule has 6 heteroatoms. The second kappa shape index (κ2) is 6.04. The van der Waals surface area contributed by atoms with Crippen LogP contribution >= 0.6 is 0 Å². The Morgan fingerprint density at radius 1 is 1.27 bits per heavy atom. The van der Waals surface area contributed by atoms with E-state index in [1.807, 2.05) is 11.9 Å². The summed E-state index contributed by atoms with van der Waals surface area (Å²) in [5.41, 5.74) is 1.13. The first kappa shape index (κ1) is 15.0. The Morgan fingerprint density at radius 3 is 2.91 bits per heavy atom. The highest BCUT2D eigenvalue weighted by atomic mass is 19.1. The van der Waals surface area contributed by atoms with Crippen LogP contribution in [0.25, 0.3) is 0 Å². The Bertz CT molecular complexity index is 605. The van der Waals surface area contributed by atoms with Crippen LogP contribution in [0, 0.1) is 5.82 Å². The summed E-state index contributed by atoms with van der Waals surface area (Å²) in [6.45, 7) is 3.18. The zero-order valence-electron chi connectivity index (χ0n) is 12.6. The van der Waals surface area contributed by atoms with Gasteiger partial charge in [0, 0.05) is 31.7 Å². The third-order valence-corrected chi connectivity index (χ3v) is 4.38. The van der Waals surface area contributed by atoms with Crippen LogP contribution in [0.2, 0.25) is 0 Å². The van der Waals surface area contributed by atoms with Gasteiger partial charge in [0.2, 0.25) is 11.8 Å². The van der Waals surface area contributed by atoms with Gasteiger partial charge in [-0.05, 0) is 37.7 Å². The molecule has 2 aliphatic rings. The van der Waals surface area contributed by atoms with Crippen molar-refractivity contribution in [2.45, 2.75) is 18.8 Å². The predicted octanol–water partition coefficient (Wildman–Crippen LogP) is 1.42. The Balaban J connectivity index is 1.85. The van der Waals surface area contributed by atoms with Crippen LogP contribution < -0.4 is 5.32 Å². The minimum atomic E-state index is -0.507. The molecule has 3 rings (SSSR count). The summed E-state index contributed by atoms with van der Waals surface area (Å²) in [4.78, 5) is 28.7. The van der Waals surface area contributed by atoms with E-state index in [4.69, 9.17) is 0 Å². The second-order valence-corrected chi connectivity index (χ2v) is 6.02. The molecule has 1 fully saturated rings. The molecule has 2 heterocycles. The van der Waals surface area contributed by atoms with Crippen LogP contribution in [0.4, 0.5) is 10.1 Å². The van der Waals surface area contributed by atoms with E-state index in [2.05, 4.69) is 10.2 Å². The standard InChI is InChI=1S/C16H20FN3O2/c1-19-5-2-6-20(8-7-19)16(22)13-10-15(21)18-14-9-11(17)3-4-12(13)14/h3-4,9,13H,2,5-8,10H2,1H3,(H,18,21). The van der Waals surface area contributed by atoms with E-state index < -0.39 is 11.7 Å². The highest BCUT2D eigenvalue weighted by molar-refractivity contribution is 6.01. The summed E-state index contributed by atoms with van der Waals surface area (Å²) in [6.07, 6.45) is 1.06. The Hall–Kier alpha value is -1.95. The lowest BCUT2D eigenvalue weighted by molar-refractivity contribution is -0.134. The first-order valence-electron chi connectivity index (χ1n) is 7.61. The van der Waals surface area contributed by atoms with E-state index in [1.54, 1.807) is 6.07 Å². The lowest BCUT2D eigenvalue weighted by Gasteiger charge is -2.30. The molecule has 2 amide bonds. The average Bonchev–Trinajstić information content (AvgIpc) is 2.70. The zero-order valence-corrected chi connectivity index (χ0v) is 12.6. The number of hydrogen-bond acceptors (Lipinski definition) is 3. The van der Waals surface area contributed by atoms with Crippen molar-refractivity contribution in [3.63, 3.8) is 0 Å². The van der Waals surface area contributed by atoms with Gasteiger partial charge in [0.05, 0.1) is 5.92 Å². The van der Waals surface area contributed by atoms with E-state index in [9.17, 15) is 14.0 Å². The second-order valence-electron chi connectivity index (χ2n) is 6.02. The topological polar surface area (TPSA) is 52.7 Å². The largest absolute Gasteiger partial charge is 0.341 e. The van der Waals surface area contributed by atoms with Crippen LogP contribution in [-0.4, -0.2) is 54.8 Å². The van der Waals surface area contributed by atoms with Crippen LogP contribution in [0.1, 0.15) is 24.3 Å². The summed E-state index contributed by atoms with van der Waals surface area (Å²) in [6, 6.07) is 4.23. The van der Waals surface area contributed by atoms with E-state index >= 15 is 0 Å². The number of nitrogens with one attached hydrogen (secondary N) is 1. The van der Waals surface area contributed by atoms with Gasteiger partial charge in [-0.3, -0.25) is 9.59 Å². The molecule has 1 saturated heterocycles. The van der Waals surface area contributed by atoms with Crippen LogP contribution in [0.3, 0.4) is 0 Å². The molecule has 0 aromatic heterocycles. The van der Waals surface area contributed by atoms with Gasteiger partial charge in [-0.25, -0.2) is 4.39 Å². The molecule has 0 spiro atoms. The number of anilines is 1. The number of rotatable bonds is 1. The highest BCUT2D eigenvalue weighted by Crippen LogP contribution is 2.34. The quantitative estimate of drug-likeness (QED) is 0.853. The zero-order chi connectivity index (χ0) is 15.7. The van der Waals surface area contributed by atoms with Crippen molar-refractivity contribution in [1.29, 1.82) is 0 Å². The minimum absolute atomic E-state index is 0.0296. The van der Waals surface area contributed by atoms with Crippen molar-refractivity contribution in [3.05, 3.63) is 29.6 Å². The van der Waals surface area contributed by atoms with Crippen molar-refractivity contribution < 1.29 is 14.0 Å². The Labute approximate surface area is 129 Å². The first-order valence-corrected chi connectivity index (χ1v) is 7.61. The number of carbonyl (C=O) groups excluding carboxylic acids is 2. The molecular formula is C16H20FN3O2. The van der Waals surface area contributed by atoms with Crippen molar-refractivity contribution >= 4 is 17.5 Å². The van der Waals surface area contributed by atoms with E-state index in [-0.39, 0.29) is 18.2 Å². The normalized spacial score (nSPS) is 22.7. The summed E-state index contributed by atoms with van der Waals surface area (Å²) in [5.74, 6) is -1.18. The molecular weight excluding hydrogens is 285 g/mol. The minimum Gasteiger partial charge on any atom is -0.341 e. The van der Waals surface area contributed by atoms with Gasteiger partial charge < -0.3 is 15.1 Å². The predicted molar refractivity (Wildman–Crippen MR) is 81.1 cm³/mol. The Kier molecular flexibility index (Phi) is 4.11. The van der Waals surface area contributed by atoms with E-state index in [0.717, 1.165) is 19.5 Å². The summed E-state index contributed by atoms with van der Waals surface area (Å²) >= 11 is 0. The van der Waals surface area contributed by atoms with Gasteiger partial charge >= 0.3 is 0 Å². The van der Waals surface area contributed by atoms with Crippen LogP contribution in [-0.2, 0) is 9.59 Å². The molecule has 0 saturated carbocycles. The number of amides is 2. The number of fused-ring (bicyclic) bond motifs is 1. The average molecular weight is 305 g/mol. The first-order chi connectivity index (χ1) is 10.5. The number of likely N-dealkylation sites (N-methyl/N-ethyl adjacent to an activating group) is 1. The Morgan fingerprint density at radius 2 is 2.09 bits per heavy atom. The van der Waals surface area contributed by atoms with Gasteiger partial charge in [0.15, 0.2) is 0 Å². The van der Waals surface area contributed by atoms with Crippen molar-refractivity contribution in [1.82, 2.24) is 9.80 Å². The lowest BCUT2D eigenvalue weighted by atomic mass is 9.89. The number of benzene rings is 1. The number of carbonyl (C=O) groups is 2. The summed E-state index contributed by atoms with van der Waals surface area (Å²) in [7, 11) is 2.04. The SMILES string of the molecule is CN1CCCN(C(=O)C2CC(=O)Nc3cc(F)ccc32)CC1. The van der Waals surface area contributed by atoms with Gasteiger partial charge in [-0.1, -0.05) is 6.07 Å². The van der Waals surface area contributed by atoms with Crippen molar-refractivity contribution in [3.8, 4) is 0 Å². The number of nitrogens with zero attached hydrogens (tertiary/aromatic N) is 2. The van der Waals surface area contributed by atoms with Crippen LogP contribution in [0.5, 0.6) is 0 Å². The molecule has 0 bridgehead atoms. The fraction of sp³-hybridized carbons (Fsp3) is 0.500. The van der Waals surface area contributed by atoms with Gasteiger partial charge in [0.1, 0.15) is 5.82 Å². The van der Waals surface area contributed by atoms with Gasteiger partial charge in [-0.15, -0.1) is 0 Å². The smallest absolute Gasteiger partial charge is 0.230 e.